The summed E-state index contributed by atoms with van der Waals surface area (Å²) in [5, 5.41) is 13.1. The molecule has 0 amide bonds. The summed E-state index contributed by atoms with van der Waals surface area (Å²) in [4.78, 5) is 32.1. The minimum atomic E-state index is -0.0143. The van der Waals surface area contributed by atoms with Crippen LogP contribution >= 0.6 is 0 Å². The molecule has 0 radical (unpaired) electrons. The molecule has 0 fully saturated rings. The van der Waals surface area contributed by atoms with E-state index in [1.54, 1.807) is 0 Å². The molecule has 4 heterocycles. The molecule has 0 saturated heterocycles. The molecule has 2 aliphatic rings. The van der Waals surface area contributed by atoms with Crippen molar-refractivity contribution in [1.29, 1.82) is 0 Å². The fourth-order valence-electron chi connectivity index (χ4n) is 15.6. The number of fused-ring (bicyclic) bond motifs is 12. The molecule has 478 valence electrons. The Morgan fingerprint density at radius 3 is 1.60 bits per heavy atom. The molecule has 0 bridgehead atoms. The van der Waals surface area contributed by atoms with E-state index < -0.39 is 0 Å². The molecule has 0 N–H and O–H groups in total. The largest absolute Gasteiger partial charge is 0.456 e. The first kappa shape index (κ1) is 58.8. The third-order valence-electron chi connectivity index (χ3n) is 20.5. The van der Waals surface area contributed by atoms with E-state index in [9.17, 15) is 0 Å². The van der Waals surface area contributed by atoms with Crippen molar-refractivity contribution in [2.24, 2.45) is 0 Å². The van der Waals surface area contributed by atoms with Crippen molar-refractivity contribution in [2.75, 3.05) is 0 Å². The number of allylic oxidation sites excluding steroid dienone is 8. The lowest BCUT2D eigenvalue weighted by Crippen LogP contribution is -2.08. The Morgan fingerprint density at radius 2 is 0.833 bits per heavy atom. The van der Waals surface area contributed by atoms with Crippen LogP contribution in [0, 0.1) is 0 Å². The van der Waals surface area contributed by atoms with Gasteiger partial charge in [-0.1, -0.05) is 273 Å². The van der Waals surface area contributed by atoms with Crippen molar-refractivity contribution in [3.05, 3.63) is 333 Å². The van der Waals surface area contributed by atoms with Crippen LogP contribution in [0.1, 0.15) is 36.8 Å². The van der Waals surface area contributed by atoms with Crippen molar-refractivity contribution in [2.45, 2.75) is 25.2 Å². The summed E-state index contributed by atoms with van der Waals surface area (Å²) in [6.07, 6.45) is 17.8. The predicted octanol–water partition coefficient (Wildman–Crippen LogP) is 24.8. The smallest absolute Gasteiger partial charge is 0.165 e. The standard InChI is InChI=1S/C94H60N6O2/c1-5-20-57(21-6-1)59-38-43-64(44-39-59)91-95-89(62-24-9-3-10-25-62)97-93(98-91)77-34-19-37-83-87(77)85-75(33-18-36-82(85)102-83)80-55-66-28-13-14-29-69(66)74-51-49-67(56-79(74)80)70-31-17-32-72-73(70)50-48-61-42-47-68(54-78(61)72)71-52-53-84-86(76-30-15-16-35-81(76)101-84)88(71)94-99-90(63-26-11-4-12-27-63)96-92(100-94)65-45-40-60(41-46-65)58-22-7-2-8-23-58/h1-3,5-11,13-24,26-56,62H,4,12,25H2. The fourth-order valence-corrected chi connectivity index (χ4v) is 15.6. The van der Waals surface area contributed by atoms with Gasteiger partial charge in [-0.25, -0.2) is 29.9 Å². The second kappa shape index (κ2) is 24.3. The molecule has 0 aliphatic heterocycles. The molecule has 0 saturated carbocycles. The van der Waals surface area contributed by atoms with Crippen LogP contribution in [0.5, 0.6) is 0 Å². The zero-order valence-corrected chi connectivity index (χ0v) is 55.3. The quantitative estimate of drug-likeness (QED) is 0.118. The van der Waals surface area contributed by atoms with Gasteiger partial charge in [-0.3, -0.25) is 0 Å². The van der Waals surface area contributed by atoms with Crippen molar-refractivity contribution in [3.63, 3.8) is 0 Å². The Balaban J connectivity index is 0.738. The minimum Gasteiger partial charge on any atom is -0.456 e. The summed E-state index contributed by atoms with van der Waals surface area (Å²) in [5.74, 6) is 3.74. The molecule has 2 aliphatic carbocycles. The van der Waals surface area contributed by atoms with E-state index >= 15 is 0 Å². The molecule has 18 aromatic rings. The molecular formula is C94H60N6O2. The van der Waals surface area contributed by atoms with Gasteiger partial charge in [0.05, 0.1) is 0 Å². The van der Waals surface area contributed by atoms with Gasteiger partial charge in [0.15, 0.2) is 29.1 Å². The highest BCUT2D eigenvalue weighted by molar-refractivity contribution is 6.23. The molecule has 8 nitrogen and oxygen atoms in total. The molecule has 14 aromatic carbocycles. The molecule has 8 heteroatoms. The van der Waals surface area contributed by atoms with Gasteiger partial charge < -0.3 is 8.83 Å². The van der Waals surface area contributed by atoms with Gasteiger partial charge in [0, 0.05) is 55.3 Å². The lowest BCUT2D eigenvalue weighted by atomic mass is 9.87. The van der Waals surface area contributed by atoms with Gasteiger partial charge in [-0.05, 0) is 167 Å². The number of para-hydroxylation sites is 1. The summed E-state index contributed by atoms with van der Waals surface area (Å²) in [6, 6.07) is 99.5. The third-order valence-corrected chi connectivity index (χ3v) is 20.5. The SMILES string of the molecule is C1=CCC(c2nc(-c3ccc(-c4ccccc4)cc3)nc(-c3cccc4oc5cccc(-c6cc7ccccc7c7ccc(-c8cccc9c8ccc8ccc(-c%10ccc%11oc%12ccccc%12c%11c%10-c%10nc(C%11=CCCC=C%11)nc(-c%11ccc(-c%12ccccc%12)cc%11)n%10)cc89)cc67)c5c34)n2)C=C1. The van der Waals surface area contributed by atoms with Crippen LogP contribution < -0.4 is 0 Å². The van der Waals surface area contributed by atoms with E-state index in [0.717, 1.165) is 190 Å². The number of benzene rings is 14. The van der Waals surface area contributed by atoms with Crippen LogP contribution in [0.4, 0.5) is 0 Å². The molecule has 20 rings (SSSR count). The van der Waals surface area contributed by atoms with Crippen LogP contribution in [0.15, 0.2) is 330 Å². The van der Waals surface area contributed by atoms with E-state index in [0.29, 0.717) is 29.1 Å². The average molecular weight is 1310 g/mol. The van der Waals surface area contributed by atoms with Crippen LogP contribution in [0.2, 0.25) is 0 Å². The van der Waals surface area contributed by atoms with Crippen molar-refractivity contribution in [1.82, 2.24) is 29.9 Å². The first-order valence-electron chi connectivity index (χ1n) is 34.9. The second-order valence-corrected chi connectivity index (χ2v) is 26.6. The van der Waals surface area contributed by atoms with Gasteiger partial charge in [-0.15, -0.1) is 0 Å². The van der Waals surface area contributed by atoms with E-state index in [-0.39, 0.29) is 5.92 Å². The van der Waals surface area contributed by atoms with Crippen LogP contribution in [0.3, 0.4) is 0 Å². The maximum Gasteiger partial charge on any atom is 0.165 e. The topological polar surface area (TPSA) is 104 Å². The Kier molecular flexibility index (Phi) is 14.0. The van der Waals surface area contributed by atoms with Gasteiger partial charge in [0.25, 0.3) is 0 Å². The molecule has 0 spiro atoms. The van der Waals surface area contributed by atoms with Gasteiger partial charge in [0.1, 0.15) is 28.2 Å². The van der Waals surface area contributed by atoms with Crippen molar-refractivity contribution in [3.8, 4) is 101 Å². The highest BCUT2D eigenvalue weighted by Gasteiger charge is 2.26. The number of hydrogen-bond donors (Lipinski definition) is 0. The molecule has 102 heavy (non-hydrogen) atoms. The molecule has 1 unspecified atom stereocenters. The highest BCUT2D eigenvalue weighted by atomic mass is 16.3. The monoisotopic (exact) mass is 1300 g/mol. The Hall–Kier alpha value is -13.3. The number of furan rings is 2. The maximum atomic E-state index is 6.92. The van der Waals surface area contributed by atoms with Crippen LogP contribution in [0.25, 0.3) is 194 Å². The van der Waals surface area contributed by atoms with Gasteiger partial charge >= 0.3 is 0 Å². The van der Waals surface area contributed by atoms with E-state index in [1.165, 1.54) is 5.39 Å². The van der Waals surface area contributed by atoms with E-state index in [1.807, 2.05) is 24.3 Å². The number of hydrogen-bond acceptors (Lipinski definition) is 8. The Morgan fingerprint density at radius 1 is 0.284 bits per heavy atom. The van der Waals surface area contributed by atoms with Crippen molar-refractivity contribution >= 4 is 92.5 Å². The highest BCUT2D eigenvalue weighted by Crippen LogP contribution is 2.48. The number of rotatable bonds is 11. The van der Waals surface area contributed by atoms with Gasteiger partial charge in [-0.2, -0.15) is 0 Å². The fraction of sp³-hybridized carbons (Fsp3) is 0.0426. The van der Waals surface area contributed by atoms with Crippen molar-refractivity contribution < 1.29 is 8.83 Å². The molecular weight excluding hydrogens is 1250 g/mol. The molecule has 4 aromatic heterocycles. The lowest BCUT2D eigenvalue weighted by Gasteiger charge is -2.16. The Labute approximate surface area is 587 Å². The average Bonchev–Trinajstić information content (AvgIpc) is 1.43. The first-order chi connectivity index (χ1) is 50.5. The summed E-state index contributed by atoms with van der Waals surface area (Å²) in [7, 11) is 0. The zero-order valence-electron chi connectivity index (χ0n) is 55.3. The minimum absolute atomic E-state index is 0.0143. The number of aromatic nitrogens is 6. The maximum absolute atomic E-state index is 6.92. The predicted molar refractivity (Wildman–Crippen MR) is 419 cm³/mol. The molecule has 1 atom stereocenters. The summed E-state index contributed by atoms with van der Waals surface area (Å²) >= 11 is 0. The normalized spacial score (nSPS) is 13.8. The van der Waals surface area contributed by atoms with E-state index in [2.05, 4.69) is 297 Å². The third kappa shape index (κ3) is 10.1. The van der Waals surface area contributed by atoms with Gasteiger partial charge in [0.2, 0.25) is 0 Å². The van der Waals surface area contributed by atoms with Crippen LogP contribution in [-0.4, -0.2) is 29.9 Å². The van der Waals surface area contributed by atoms with E-state index in [4.69, 9.17) is 38.7 Å². The lowest BCUT2D eigenvalue weighted by molar-refractivity contribution is 0.668. The second-order valence-electron chi connectivity index (χ2n) is 26.6. The first-order valence-corrected chi connectivity index (χ1v) is 34.9. The summed E-state index contributed by atoms with van der Waals surface area (Å²) in [6.45, 7) is 0. The summed E-state index contributed by atoms with van der Waals surface area (Å²) < 4.78 is 13.6. The van der Waals surface area contributed by atoms with Crippen LogP contribution in [-0.2, 0) is 0 Å². The Bertz CT molecular complexity index is 6580. The number of nitrogens with zero attached hydrogens (tertiary/aromatic N) is 6. The summed E-state index contributed by atoms with van der Waals surface area (Å²) in [5.41, 5.74) is 18.7. The zero-order chi connectivity index (χ0) is 67.2.